The van der Waals surface area contributed by atoms with Gasteiger partial charge in [0.15, 0.2) is 0 Å². The quantitative estimate of drug-likeness (QED) is 0.805. The van der Waals surface area contributed by atoms with Crippen LogP contribution in [-0.2, 0) is 4.74 Å². The summed E-state index contributed by atoms with van der Waals surface area (Å²) in [5.41, 5.74) is 0.871. The van der Waals surface area contributed by atoms with Gasteiger partial charge in [0, 0.05) is 19.2 Å². The fraction of sp³-hybridized carbons (Fsp3) is 0.538. The van der Waals surface area contributed by atoms with Crippen LogP contribution in [0.1, 0.15) is 18.1 Å². The average molecular weight is 237 g/mol. The van der Waals surface area contributed by atoms with Crippen LogP contribution in [0.15, 0.2) is 24.3 Å². The number of benzene rings is 1. The lowest BCUT2D eigenvalue weighted by molar-refractivity contribution is 0.160. The third-order valence-electron chi connectivity index (χ3n) is 3.01. The van der Waals surface area contributed by atoms with Crippen LogP contribution in [0.5, 0.6) is 5.75 Å². The number of rotatable bonds is 5. The van der Waals surface area contributed by atoms with Gasteiger partial charge in [0.1, 0.15) is 5.75 Å². The van der Waals surface area contributed by atoms with Crippen molar-refractivity contribution in [3.8, 4) is 5.75 Å². The Bertz CT molecular complexity index is 350. The van der Waals surface area contributed by atoms with Crippen LogP contribution in [0.25, 0.3) is 0 Å². The molecule has 0 spiro atoms. The second kappa shape index (κ2) is 6.00. The van der Waals surface area contributed by atoms with Crippen molar-refractivity contribution in [3.63, 3.8) is 0 Å². The minimum atomic E-state index is -0.509. The van der Waals surface area contributed by atoms with E-state index < -0.39 is 6.10 Å². The molecule has 4 nitrogen and oxygen atoms in total. The van der Waals surface area contributed by atoms with E-state index in [1.807, 2.05) is 24.3 Å². The molecule has 0 radical (unpaired) electrons. The van der Waals surface area contributed by atoms with Crippen LogP contribution in [0, 0.1) is 0 Å². The zero-order valence-corrected chi connectivity index (χ0v) is 10.1. The van der Waals surface area contributed by atoms with E-state index in [-0.39, 0.29) is 0 Å². The number of aliphatic hydroxyl groups is 1. The normalized spacial score (nSPS) is 21.4. The van der Waals surface area contributed by atoms with E-state index in [9.17, 15) is 5.11 Å². The van der Waals surface area contributed by atoms with E-state index >= 15 is 0 Å². The van der Waals surface area contributed by atoms with E-state index in [2.05, 4.69) is 5.32 Å². The lowest BCUT2D eigenvalue weighted by Crippen LogP contribution is -2.32. The third kappa shape index (κ3) is 3.43. The Balaban J connectivity index is 1.87. The van der Waals surface area contributed by atoms with Crippen molar-refractivity contribution in [3.05, 3.63) is 29.8 Å². The summed E-state index contributed by atoms with van der Waals surface area (Å²) >= 11 is 0. The number of aliphatic hydroxyl groups excluding tert-OH is 1. The summed E-state index contributed by atoms with van der Waals surface area (Å²) in [7, 11) is 1.62. The van der Waals surface area contributed by atoms with Crippen molar-refractivity contribution in [2.75, 3.05) is 26.9 Å². The first-order chi connectivity index (χ1) is 8.29. The minimum Gasteiger partial charge on any atom is -0.497 e. The van der Waals surface area contributed by atoms with Crippen molar-refractivity contribution in [2.45, 2.75) is 18.6 Å². The summed E-state index contributed by atoms with van der Waals surface area (Å²) in [6.45, 7) is 2.10. The molecular weight excluding hydrogens is 218 g/mol. The van der Waals surface area contributed by atoms with Crippen LogP contribution in [-0.4, -0.2) is 38.0 Å². The smallest absolute Gasteiger partial charge is 0.119 e. The monoisotopic (exact) mass is 237 g/mol. The molecule has 0 aromatic heterocycles. The molecule has 2 N–H and O–H groups in total. The second-order valence-electron chi connectivity index (χ2n) is 4.26. The van der Waals surface area contributed by atoms with Crippen molar-refractivity contribution >= 4 is 0 Å². The Morgan fingerprint density at radius 2 is 2.47 bits per heavy atom. The summed E-state index contributed by atoms with van der Waals surface area (Å²) in [4.78, 5) is 0. The highest BCUT2D eigenvalue weighted by atomic mass is 16.5. The van der Waals surface area contributed by atoms with Crippen LogP contribution in [0.2, 0.25) is 0 Å². The van der Waals surface area contributed by atoms with Crippen molar-refractivity contribution in [1.82, 2.24) is 5.32 Å². The fourth-order valence-corrected chi connectivity index (χ4v) is 1.94. The summed E-state index contributed by atoms with van der Waals surface area (Å²) in [6, 6.07) is 7.89. The molecule has 17 heavy (non-hydrogen) atoms. The molecule has 1 aromatic carbocycles. The molecule has 1 saturated heterocycles. The number of hydrogen-bond acceptors (Lipinski definition) is 4. The van der Waals surface area contributed by atoms with Crippen LogP contribution < -0.4 is 10.1 Å². The van der Waals surface area contributed by atoms with Gasteiger partial charge in [-0.1, -0.05) is 12.1 Å². The van der Waals surface area contributed by atoms with E-state index in [1.54, 1.807) is 7.11 Å². The van der Waals surface area contributed by atoms with Gasteiger partial charge >= 0.3 is 0 Å². The Morgan fingerprint density at radius 3 is 3.18 bits per heavy atom. The van der Waals surface area contributed by atoms with E-state index in [4.69, 9.17) is 9.47 Å². The Kier molecular flexibility index (Phi) is 4.36. The molecule has 94 valence electrons. The number of nitrogens with one attached hydrogen (secondary N) is 1. The minimum absolute atomic E-state index is 0.371. The van der Waals surface area contributed by atoms with Crippen LogP contribution in [0.4, 0.5) is 0 Å². The third-order valence-corrected chi connectivity index (χ3v) is 3.01. The molecule has 1 aliphatic rings. The zero-order chi connectivity index (χ0) is 12.1. The lowest BCUT2D eigenvalue weighted by atomic mass is 10.1. The molecule has 1 fully saturated rings. The molecule has 1 heterocycles. The summed E-state index contributed by atoms with van der Waals surface area (Å²) in [5.74, 6) is 0.769. The SMILES string of the molecule is COc1cccc(C(O)CNC2CCOC2)c1. The van der Waals surface area contributed by atoms with Gasteiger partial charge < -0.3 is 19.9 Å². The van der Waals surface area contributed by atoms with Crippen LogP contribution >= 0.6 is 0 Å². The Labute approximate surface area is 102 Å². The summed E-state index contributed by atoms with van der Waals surface area (Å²) in [5, 5.41) is 13.3. The van der Waals surface area contributed by atoms with Gasteiger partial charge in [0.25, 0.3) is 0 Å². The van der Waals surface area contributed by atoms with Gasteiger partial charge in [-0.15, -0.1) is 0 Å². The average Bonchev–Trinajstić information content (AvgIpc) is 2.89. The first-order valence-electron chi connectivity index (χ1n) is 5.92. The molecule has 4 heteroatoms. The van der Waals surface area contributed by atoms with E-state index in [0.29, 0.717) is 12.6 Å². The summed E-state index contributed by atoms with van der Waals surface area (Å²) < 4.78 is 10.4. The van der Waals surface area contributed by atoms with Gasteiger partial charge in [-0.05, 0) is 24.1 Å². The number of hydrogen-bond donors (Lipinski definition) is 2. The van der Waals surface area contributed by atoms with Gasteiger partial charge in [-0.25, -0.2) is 0 Å². The Hall–Kier alpha value is -1.10. The molecule has 0 amide bonds. The molecule has 2 rings (SSSR count). The standard InChI is InChI=1S/C13H19NO3/c1-16-12-4-2-3-10(7-12)13(15)8-14-11-5-6-17-9-11/h2-4,7,11,13-15H,5-6,8-9H2,1H3. The lowest BCUT2D eigenvalue weighted by Gasteiger charge is -2.16. The zero-order valence-electron chi connectivity index (χ0n) is 10.1. The van der Waals surface area contributed by atoms with Crippen molar-refractivity contribution in [2.24, 2.45) is 0 Å². The Morgan fingerprint density at radius 1 is 1.59 bits per heavy atom. The molecule has 0 aliphatic carbocycles. The molecule has 2 atom stereocenters. The second-order valence-corrected chi connectivity index (χ2v) is 4.26. The highest BCUT2D eigenvalue weighted by Gasteiger charge is 2.16. The molecule has 2 unspecified atom stereocenters. The van der Waals surface area contributed by atoms with E-state index in [0.717, 1.165) is 30.9 Å². The van der Waals surface area contributed by atoms with Crippen molar-refractivity contribution in [1.29, 1.82) is 0 Å². The van der Waals surface area contributed by atoms with Gasteiger partial charge in [0.2, 0.25) is 0 Å². The topological polar surface area (TPSA) is 50.7 Å². The molecule has 0 bridgehead atoms. The predicted octanol–water partition coefficient (Wildman–Crippen LogP) is 1.11. The van der Waals surface area contributed by atoms with Gasteiger partial charge in [-0.2, -0.15) is 0 Å². The molecule has 1 aromatic rings. The first kappa shape index (κ1) is 12.4. The maximum Gasteiger partial charge on any atom is 0.119 e. The van der Waals surface area contributed by atoms with Gasteiger partial charge in [0.05, 0.1) is 19.8 Å². The van der Waals surface area contributed by atoms with E-state index in [1.165, 1.54) is 0 Å². The highest BCUT2D eigenvalue weighted by molar-refractivity contribution is 5.29. The summed E-state index contributed by atoms with van der Waals surface area (Å²) in [6.07, 6.45) is 0.510. The number of ether oxygens (including phenoxy) is 2. The highest BCUT2D eigenvalue weighted by Crippen LogP contribution is 2.18. The predicted molar refractivity (Wildman–Crippen MR) is 65.2 cm³/mol. The molecule has 1 aliphatic heterocycles. The maximum atomic E-state index is 10.0. The van der Waals surface area contributed by atoms with Gasteiger partial charge in [-0.3, -0.25) is 0 Å². The molecule has 0 saturated carbocycles. The largest absolute Gasteiger partial charge is 0.497 e. The van der Waals surface area contributed by atoms with Crippen molar-refractivity contribution < 1.29 is 14.6 Å². The molecular formula is C13H19NO3. The maximum absolute atomic E-state index is 10.0. The first-order valence-corrected chi connectivity index (χ1v) is 5.92. The van der Waals surface area contributed by atoms with Crippen LogP contribution in [0.3, 0.4) is 0 Å². The number of methoxy groups -OCH3 is 1. The fourth-order valence-electron chi connectivity index (χ4n) is 1.94.